The number of hydrogen-bond donors (Lipinski definition) is 2. The molecule has 1 fully saturated rings. The molecule has 1 atom stereocenters. The first-order valence-corrected chi connectivity index (χ1v) is 6.05. The molecule has 0 saturated carbocycles. The predicted molar refractivity (Wildman–Crippen MR) is 64.1 cm³/mol. The summed E-state index contributed by atoms with van der Waals surface area (Å²) < 4.78 is 0. The van der Waals surface area contributed by atoms with Crippen molar-refractivity contribution in [3.8, 4) is 0 Å². The third-order valence-corrected chi connectivity index (χ3v) is 3.36. The predicted octanol–water partition coefficient (Wildman–Crippen LogP) is 0.625. The number of carbonyl (C=O) groups excluding carboxylic acids is 1. The Labute approximate surface area is 101 Å². The Morgan fingerprint density at radius 3 is 3.12 bits per heavy atom. The summed E-state index contributed by atoms with van der Waals surface area (Å²) in [7, 11) is 0. The lowest BCUT2D eigenvalue weighted by molar-refractivity contribution is -0.127. The van der Waals surface area contributed by atoms with Crippen LogP contribution in [0, 0.1) is 0 Å². The summed E-state index contributed by atoms with van der Waals surface area (Å²) in [5.41, 5.74) is 0.463. The highest BCUT2D eigenvalue weighted by atomic mass is 16.2. The zero-order valence-corrected chi connectivity index (χ0v) is 10.1. The second-order valence-electron chi connectivity index (χ2n) is 4.35. The Bertz CT molecular complexity index is 373. The highest BCUT2D eigenvalue weighted by Crippen LogP contribution is 2.23. The van der Waals surface area contributed by atoms with Crippen molar-refractivity contribution in [1.82, 2.24) is 20.6 Å². The second kappa shape index (κ2) is 5.23. The summed E-state index contributed by atoms with van der Waals surface area (Å²) in [4.78, 5) is 20.1. The monoisotopic (exact) mass is 234 g/mol. The van der Waals surface area contributed by atoms with Crippen LogP contribution in [0.1, 0.15) is 31.9 Å². The summed E-state index contributed by atoms with van der Waals surface area (Å²) >= 11 is 0. The molecule has 0 radical (unpaired) electrons. The molecule has 17 heavy (non-hydrogen) atoms. The summed E-state index contributed by atoms with van der Waals surface area (Å²) in [6.45, 7) is 3.43. The number of aromatic nitrogens is 2. The van der Waals surface area contributed by atoms with Gasteiger partial charge in [0.15, 0.2) is 0 Å². The van der Waals surface area contributed by atoms with E-state index in [-0.39, 0.29) is 11.4 Å². The van der Waals surface area contributed by atoms with Crippen LogP contribution in [0.15, 0.2) is 18.6 Å². The van der Waals surface area contributed by atoms with E-state index in [1.54, 1.807) is 12.3 Å². The van der Waals surface area contributed by atoms with E-state index in [2.05, 4.69) is 20.6 Å². The number of nitrogens with one attached hydrogen (secondary N) is 2. The molecule has 2 heterocycles. The molecule has 2 rings (SSSR count). The van der Waals surface area contributed by atoms with Crippen LogP contribution in [0.25, 0.3) is 0 Å². The minimum Gasteiger partial charge on any atom is -0.349 e. The fraction of sp³-hybridized carbons (Fsp3) is 0.583. The molecular formula is C12H18N4O. The molecule has 1 unspecified atom stereocenters. The minimum absolute atomic E-state index is 0.0797. The molecule has 1 aromatic heterocycles. The van der Waals surface area contributed by atoms with Gasteiger partial charge in [0.25, 0.3) is 0 Å². The fourth-order valence-corrected chi connectivity index (χ4v) is 2.23. The lowest BCUT2D eigenvalue weighted by Gasteiger charge is -2.26. The van der Waals surface area contributed by atoms with E-state index in [9.17, 15) is 4.79 Å². The zero-order valence-electron chi connectivity index (χ0n) is 10.1. The van der Waals surface area contributed by atoms with Crippen LogP contribution in [0.3, 0.4) is 0 Å². The van der Waals surface area contributed by atoms with Crippen molar-refractivity contribution in [1.29, 1.82) is 0 Å². The van der Waals surface area contributed by atoms with E-state index in [4.69, 9.17) is 0 Å². The molecule has 1 saturated heterocycles. The molecule has 0 aliphatic carbocycles. The van der Waals surface area contributed by atoms with Crippen molar-refractivity contribution in [3.63, 3.8) is 0 Å². The van der Waals surface area contributed by atoms with E-state index in [1.165, 1.54) is 6.33 Å². The Morgan fingerprint density at radius 1 is 1.65 bits per heavy atom. The van der Waals surface area contributed by atoms with E-state index >= 15 is 0 Å². The molecular weight excluding hydrogens is 216 g/mol. The van der Waals surface area contributed by atoms with Gasteiger partial charge < -0.3 is 10.6 Å². The van der Waals surface area contributed by atoms with Crippen LogP contribution in [0.2, 0.25) is 0 Å². The van der Waals surface area contributed by atoms with E-state index in [1.807, 2.05) is 6.92 Å². The molecule has 5 nitrogen and oxygen atoms in total. The van der Waals surface area contributed by atoms with Gasteiger partial charge in [0.05, 0.1) is 17.8 Å². The fourth-order valence-electron chi connectivity index (χ4n) is 2.23. The molecule has 1 aromatic rings. The van der Waals surface area contributed by atoms with Crippen LogP contribution in [-0.2, 0) is 11.3 Å². The molecule has 92 valence electrons. The number of hydrogen-bond acceptors (Lipinski definition) is 4. The Balaban J connectivity index is 1.93. The van der Waals surface area contributed by atoms with Gasteiger partial charge in [-0.25, -0.2) is 9.97 Å². The normalized spacial score (nSPS) is 23.6. The quantitative estimate of drug-likeness (QED) is 0.801. The second-order valence-corrected chi connectivity index (χ2v) is 4.35. The number of nitrogens with zero attached hydrogens (tertiary/aromatic N) is 2. The average Bonchev–Trinajstić information content (AvgIpc) is 2.87. The van der Waals surface area contributed by atoms with Crippen molar-refractivity contribution in [2.75, 3.05) is 6.54 Å². The lowest BCUT2D eigenvalue weighted by atomic mass is 9.93. The summed E-state index contributed by atoms with van der Waals surface area (Å²) in [5.74, 6) is 0.0797. The van der Waals surface area contributed by atoms with Gasteiger partial charge in [-0.3, -0.25) is 4.79 Å². The first-order valence-electron chi connectivity index (χ1n) is 6.05. The molecule has 5 heteroatoms. The first-order chi connectivity index (χ1) is 8.27. The molecule has 2 N–H and O–H groups in total. The SMILES string of the molecule is CCC1(C(=O)NCc2ccncn2)CCCN1. The van der Waals surface area contributed by atoms with Gasteiger partial charge in [0, 0.05) is 6.20 Å². The van der Waals surface area contributed by atoms with Crippen molar-refractivity contribution in [2.45, 2.75) is 38.3 Å². The van der Waals surface area contributed by atoms with Crippen LogP contribution < -0.4 is 10.6 Å². The number of rotatable bonds is 4. The topological polar surface area (TPSA) is 66.9 Å². The van der Waals surface area contributed by atoms with Gasteiger partial charge in [-0.05, 0) is 31.9 Å². The van der Waals surface area contributed by atoms with Crippen molar-refractivity contribution < 1.29 is 4.79 Å². The first kappa shape index (κ1) is 12.0. The maximum atomic E-state index is 12.2. The number of carbonyl (C=O) groups is 1. The van der Waals surface area contributed by atoms with Gasteiger partial charge >= 0.3 is 0 Å². The summed E-state index contributed by atoms with van der Waals surface area (Å²) in [6.07, 6.45) is 5.97. The maximum absolute atomic E-state index is 12.2. The summed E-state index contributed by atoms with van der Waals surface area (Å²) in [5, 5.41) is 6.25. The van der Waals surface area contributed by atoms with Crippen molar-refractivity contribution in [3.05, 3.63) is 24.3 Å². The maximum Gasteiger partial charge on any atom is 0.240 e. The van der Waals surface area contributed by atoms with E-state index in [0.29, 0.717) is 6.54 Å². The third-order valence-electron chi connectivity index (χ3n) is 3.36. The van der Waals surface area contributed by atoms with Gasteiger partial charge in [-0.15, -0.1) is 0 Å². The molecule has 1 amide bonds. The molecule has 0 spiro atoms. The third kappa shape index (κ3) is 2.61. The molecule has 0 aromatic carbocycles. The molecule has 1 aliphatic rings. The Morgan fingerprint density at radius 2 is 2.53 bits per heavy atom. The van der Waals surface area contributed by atoms with Gasteiger partial charge in [0.1, 0.15) is 6.33 Å². The molecule has 0 bridgehead atoms. The highest BCUT2D eigenvalue weighted by Gasteiger charge is 2.38. The van der Waals surface area contributed by atoms with Crippen LogP contribution in [0.5, 0.6) is 0 Å². The minimum atomic E-state index is -0.368. The molecule has 1 aliphatic heterocycles. The zero-order chi connectivity index (χ0) is 12.1. The smallest absolute Gasteiger partial charge is 0.240 e. The van der Waals surface area contributed by atoms with Crippen LogP contribution in [0.4, 0.5) is 0 Å². The lowest BCUT2D eigenvalue weighted by Crippen LogP contribution is -2.52. The average molecular weight is 234 g/mol. The van der Waals surface area contributed by atoms with Crippen molar-refractivity contribution in [2.24, 2.45) is 0 Å². The van der Waals surface area contributed by atoms with Crippen molar-refractivity contribution >= 4 is 5.91 Å². The van der Waals surface area contributed by atoms with Gasteiger partial charge in [0.2, 0.25) is 5.91 Å². The largest absolute Gasteiger partial charge is 0.349 e. The Hall–Kier alpha value is -1.49. The Kier molecular flexibility index (Phi) is 3.68. The van der Waals surface area contributed by atoms with E-state index < -0.39 is 0 Å². The van der Waals surface area contributed by atoms with Crippen LogP contribution >= 0.6 is 0 Å². The standard InChI is InChI=1S/C12H18N4O/c1-2-12(5-3-6-16-12)11(17)14-8-10-4-7-13-9-15-10/h4,7,9,16H,2-3,5-6,8H2,1H3,(H,14,17). The van der Waals surface area contributed by atoms with E-state index in [0.717, 1.165) is 31.5 Å². The van der Waals surface area contributed by atoms with Crippen LogP contribution in [-0.4, -0.2) is 28.0 Å². The highest BCUT2D eigenvalue weighted by molar-refractivity contribution is 5.86. The van der Waals surface area contributed by atoms with Gasteiger partial charge in [-0.1, -0.05) is 6.92 Å². The number of amides is 1. The summed E-state index contributed by atoms with van der Waals surface area (Å²) in [6, 6.07) is 1.81. The van der Waals surface area contributed by atoms with Gasteiger partial charge in [-0.2, -0.15) is 0 Å².